The van der Waals surface area contributed by atoms with Gasteiger partial charge in [0.05, 0.1) is 18.1 Å². The molecule has 1 saturated heterocycles. The average Bonchev–Trinajstić information content (AvgIpc) is 3.00. The third-order valence-electron chi connectivity index (χ3n) is 4.06. The number of aromatic nitrogens is 1. The van der Waals surface area contributed by atoms with Crippen LogP contribution in [0.2, 0.25) is 5.02 Å². The van der Waals surface area contributed by atoms with Gasteiger partial charge in [0, 0.05) is 52.2 Å². The molecule has 5 nitrogen and oxygen atoms in total. The van der Waals surface area contributed by atoms with Crippen LogP contribution in [0.25, 0.3) is 0 Å². The van der Waals surface area contributed by atoms with E-state index in [0.717, 1.165) is 5.69 Å². The van der Waals surface area contributed by atoms with E-state index in [-0.39, 0.29) is 6.04 Å². The molecule has 1 unspecified atom stereocenters. The SMILES string of the molecule is CN=C(NC1CCN(CC(F)(F)F)C1)N(C)Cc1cc(Cl)cn1C. The molecule has 1 aliphatic rings. The molecule has 1 atom stereocenters. The Bertz CT molecular complexity index is 584. The lowest BCUT2D eigenvalue weighted by atomic mass is 10.2. The summed E-state index contributed by atoms with van der Waals surface area (Å²) in [5.41, 5.74) is 1.02. The molecule has 0 spiro atoms. The van der Waals surface area contributed by atoms with Gasteiger partial charge in [-0.05, 0) is 12.5 Å². The molecule has 0 aromatic carbocycles. The van der Waals surface area contributed by atoms with Crippen molar-refractivity contribution in [2.75, 3.05) is 33.7 Å². The van der Waals surface area contributed by atoms with Gasteiger partial charge in [-0.25, -0.2) is 0 Å². The first-order valence-electron chi connectivity index (χ1n) is 7.72. The van der Waals surface area contributed by atoms with Crippen LogP contribution in [0.1, 0.15) is 12.1 Å². The molecule has 2 rings (SSSR count). The standard InChI is InChI=1S/C15H23ClF3N5/c1-20-14(23(3)9-13-6-11(16)7-22(13)2)21-12-4-5-24(8-12)10-15(17,18)19/h6-7,12H,4-5,8-10H2,1-3H3,(H,20,21). The topological polar surface area (TPSA) is 35.8 Å². The quantitative estimate of drug-likeness (QED) is 0.657. The van der Waals surface area contributed by atoms with Crippen molar-refractivity contribution in [1.82, 2.24) is 19.7 Å². The van der Waals surface area contributed by atoms with Crippen molar-refractivity contribution < 1.29 is 13.2 Å². The van der Waals surface area contributed by atoms with E-state index in [2.05, 4.69) is 10.3 Å². The van der Waals surface area contributed by atoms with Gasteiger partial charge in [-0.2, -0.15) is 13.2 Å². The van der Waals surface area contributed by atoms with Gasteiger partial charge in [-0.3, -0.25) is 9.89 Å². The smallest absolute Gasteiger partial charge is 0.352 e. The van der Waals surface area contributed by atoms with E-state index in [1.165, 1.54) is 4.90 Å². The molecule has 2 heterocycles. The van der Waals surface area contributed by atoms with Crippen LogP contribution in [0.3, 0.4) is 0 Å². The first-order valence-corrected chi connectivity index (χ1v) is 8.10. The number of guanidine groups is 1. The lowest BCUT2D eigenvalue weighted by Crippen LogP contribution is -2.45. The summed E-state index contributed by atoms with van der Waals surface area (Å²) in [4.78, 5) is 7.58. The summed E-state index contributed by atoms with van der Waals surface area (Å²) in [5, 5.41) is 3.92. The maximum absolute atomic E-state index is 12.5. The molecule has 1 aromatic rings. The first-order chi connectivity index (χ1) is 11.2. The van der Waals surface area contributed by atoms with Crippen molar-refractivity contribution in [3.63, 3.8) is 0 Å². The number of nitrogens with zero attached hydrogens (tertiary/aromatic N) is 4. The highest BCUT2D eigenvalue weighted by Crippen LogP contribution is 2.20. The Balaban J connectivity index is 1.89. The van der Waals surface area contributed by atoms with E-state index < -0.39 is 12.7 Å². The van der Waals surface area contributed by atoms with Crippen molar-refractivity contribution in [2.45, 2.75) is 25.2 Å². The van der Waals surface area contributed by atoms with Crippen molar-refractivity contribution in [2.24, 2.45) is 12.0 Å². The van der Waals surface area contributed by atoms with E-state index in [0.29, 0.717) is 37.0 Å². The number of halogens is 4. The molecule has 9 heteroatoms. The van der Waals surface area contributed by atoms with Crippen LogP contribution in [0, 0.1) is 0 Å². The summed E-state index contributed by atoms with van der Waals surface area (Å²) in [7, 11) is 5.47. The Labute approximate surface area is 145 Å². The van der Waals surface area contributed by atoms with E-state index in [1.54, 1.807) is 7.05 Å². The fraction of sp³-hybridized carbons (Fsp3) is 0.667. The maximum Gasteiger partial charge on any atom is 0.401 e. The van der Waals surface area contributed by atoms with Crippen LogP contribution in [0.15, 0.2) is 17.3 Å². The predicted octanol–water partition coefficient (Wildman–Crippen LogP) is 2.32. The Kier molecular flexibility index (Phi) is 6.03. The number of alkyl halides is 3. The van der Waals surface area contributed by atoms with Gasteiger partial charge in [-0.1, -0.05) is 11.6 Å². The molecular weight excluding hydrogens is 343 g/mol. The molecule has 1 aromatic heterocycles. The van der Waals surface area contributed by atoms with Gasteiger partial charge in [0.15, 0.2) is 5.96 Å². The Morgan fingerprint density at radius 2 is 2.21 bits per heavy atom. The highest BCUT2D eigenvalue weighted by Gasteiger charge is 2.34. The van der Waals surface area contributed by atoms with Gasteiger partial charge in [0.25, 0.3) is 0 Å². The summed E-state index contributed by atoms with van der Waals surface area (Å²) in [6, 6.07) is 1.84. The molecular formula is C15H23ClF3N5. The third-order valence-corrected chi connectivity index (χ3v) is 4.26. The lowest BCUT2D eigenvalue weighted by Gasteiger charge is -2.25. The van der Waals surface area contributed by atoms with Gasteiger partial charge < -0.3 is 14.8 Å². The van der Waals surface area contributed by atoms with Crippen LogP contribution in [0.4, 0.5) is 13.2 Å². The molecule has 0 amide bonds. The van der Waals surface area contributed by atoms with Crippen molar-refractivity contribution in [3.8, 4) is 0 Å². The molecule has 1 N–H and O–H groups in total. The monoisotopic (exact) mass is 365 g/mol. The minimum atomic E-state index is -4.15. The molecule has 0 radical (unpaired) electrons. The number of aryl methyl sites for hydroxylation is 1. The number of likely N-dealkylation sites (tertiary alicyclic amines) is 1. The Hall–Kier alpha value is -1.41. The molecule has 1 aliphatic heterocycles. The Morgan fingerprint density at radius 1 is 1.50 bits per heavy atom. The number of aliphatic imine (C=N–C) groups is 1. The van der Waals surface area contributed by atoms with Crippen molar-refractivity contribution >= 4 is 17.6 Å². The highest BCUT2D eigenvalue weighted by atomic mass is 35.5. The molecule has 0 bridgehead atoms. The second-order valence-corrected chi connectivity index (χ2v) is 6.58. The number of hydrogen-bond donors (Lipinski definition) is 1. The summed E-state index contributed by atoms with van der Waals surface area (Å²) in [6.07, 6.45) is -1.66. The average molecular weight is 366 g/mol. The minimum absolute atomic E-state index is 0.0366. The van der Waals surface area contributed by atoms with Crippen LogP contribution in [-0.2, 0) is 13.6 Å². The van der Waals surface area contributed by atoms with Crippen LogP contribution in [0.5, 0.6) is 0 Å². The molecule has 0 saturated carbocycles. The first kappa shape index (κ1) is 18.9. The zero-order valence-electron chi connectivity index (χ0n) is 14.1. The Morgan fingerprint density at radius 3 is 2.75 bits per heavy atom. The fourth-order valence-electron chi connectivity index (χ4n) is 2.92. The zero-order valence-corrected chi connectivity index (χ0v) is 14.8. The third kappa shape index (κ3) is 5.31. The second-order valence-electron chi connectivity index (χ2n) is 6.14. The lowest BCUT2D eigenvalue weighted by molar-refractivity contribution is -0.143. The number of hydrogen-bond acceptors (Lipinski definition) is 2. The highest BCUT2D eigenvalue weighted by molar-refractivity contribution is 6.30. The zero-order chi connectivity index (χ0) is 17.9. The van der Waals surface area contributed by atoms with Gasteiger partial charge in [-0.15, -0.1) is 0 Å². The molecule has 1 fully saturated rings. The normalized spacial score (nSPS) is 19.8. The van der Waals surface area contributed by atoms with E-state index >= 15 is 0 Å². The maximum atomic E-state index is 12.5. The van der Waals surface area contributed by atoms with Gasteiger partial charge in [0.2, 0.25) is 0 Å². The van der Waals surface area contributed by atoms with Gasteiger partial charge >= 0.3 is 6.18 Å². The summed E-state index contributed by atoms with van der Waals surface area (Å²) in [5.74, 6) is 0.659. The largest absolute Gasteiger partial charge is 0.401 e. The van der Waals surface area contributed by atoms with Gasteiger partial charge in [0.1, 0.15) is 0 Å². The fourth-order valence-corrected chi connectivity index (χ4v) is 3.19. The second kappa shape index (κ2) is 7.65. The van der Waals surface area contributed by atoms with E-state index in [1.807, 2.05) is 35.8 Å². The molecule has 0 aliphatic carbocycles. The molecule has 24 heavy (non-hydrogen) atoms. The summed E-state index contributed by atoms with van der Waals surface area (Å²) in [6.45, 7) is 0.539. The summed E-state index contributed by atoms with van der Waals surface area (Å²) < 4.78 is 39.3. The van der Waals surface area contributed by atoms with Crippen LogP contribution >= 0.6 is 11.6 Å². The summed E-state index contributed by atoms with van der Waals surface area (Å²) >= 11 is 5.99. The van der Waals surface area contributed by atoms with E-state index in [9.17, 15) is 13.2 Å². The number of rotatable bonds is 4. The van der Waals surface area contributed by atoms with Crippen molar-refractivity contribution in [3.05, 3.63) is 23.0 Å². The van der Waals surface area contributed by atoms with Crippen molar-refractivity contribution in [1.29, 1.82) is 0 Å². The molecule has 136 valence electrons. The predicted molar refractivity (Wildman–Crippen MR) is 89.3 cm³/mol. The minimum Gasteiger partial charge on any atom is -0.352 e. The van der Waals surface area contributed by atoms with Crippen LogP contribution < -0.4 is 5.32 Å². The number of nitrogens with one attached hydrogen (secondary N) is 1. The van der Waals surface area contributed by atoms with E-state index in [4.69, 9.17) is 11.6 Å². The van der Waals surface area contributed by atoms with Crippen LogP contribution in [-0.4, -0.2) is 66.3 Å².